The van der Waals surface area contributed by atoms with Gasteiger partial charge in [-0.25, -0.2) is 0 Å². The molecule has 17 heavy (non-hydrogen) atoms. The molecule has 100 valence electrons. The third kappa shape index (κ3) is 4.64. The molecule has 3 atom stereocenters. The van der Waals surface area contributed by atoms with Gasteiger partial charge in [-0.05, 0) is 44.9 Å². The summed E-state index contributed by atoms with van der Waals surface area (Å²) in [5.74, 6) is 0.376. The maximum Gasteiger partial charge on any atom is 0.309 e. The first kappa shape index (κ1) is 14.5. The van der Waals surface area contributed by atoms with Crippen molar-refractivity contribution in [1.29, 1.82) is 0 Å². The van der Waals surface area contributed by atoms with E-state index in [9.17, 15) is 4.79 Å². The molecule has 0 aromatic rings. The van der Waals surface area contributed by atoms with Gasteiger partial charge in [-0.15, -0.1) is 0 Å². The van der Waals surface area contributed by atoms with Gasteiger partial charge in [0.15, 0.2) is 0 Å². The number of ether oxygens (including phenoxy) is 2. The molecule has 0 amide bonds. The van der Waals surface area contributed by atoms with Crippen molar-refractivity contribution in [3.8, 4) is 0 Å². The molecule has 0 aliphatic heterocycles. The van der Waals surface area contributed by atoms with E-state index in [-0.39, 0.29) is 17.9 Å². The Kier molecular flexibility index (Phi) is 6.52. The van der Waals surface area contributed by atoms with Gasteiger partial charge in [-0.3, -0.25) is 4.79 Å². The molecule has 0 saturated heterocycles. The molecule has 4 heteroatoms. The Morgan fingerprint density at radius 3 is 2.82 bits per heavy atom. The van der Waals surface area contributed by atoms with Crippen molar-refractivity contribution in [2.45, 2.75) is 45.1 Å². The molecule has 1 rings (SSSR count). The molecule has 2 N–H and O–H groups in total. The minimum absolute atomic E-state index is 0.0400. The lowest BCUT2D eigenvalue weighted by Crippen LogP contribution is -2.37. The van der Waals surface area contributed by atoms with Crippen molar-refractivity contribution in [2.75, 3.05) is 20.3 Å². The fourth-order valence-corrected chi connectivity index (χ4v) is 2.67. The molecule has 0 aromatic heterocycles. The van der Waals surface area contributed by atoms with Crippen molar-refractivity contribution in [3.05, 3.63) is 0 Å². The third-order valence-electron chi connectivity index (χ3n) is 3.54. The van der Waals surface area contributed by atoms with Crippen LogP contribution in [0.5, 0.6) is 0 Å². The molecule has 1 fully saturated rings. The molecule has 1 saturated carbocycles. The number of rotatable bonds is 6. The van der Waals surface area contributed by atoms with Crippen LogP contribution in [-0.2, 0) is 14.3 Å². The molecule has 1 aliphatic carbocycles. The van der Waals surface area contributed by atoms with Gasteiger partial charge < -0.3 is 15.2 Å². The summed E-state index contributed by atoms with van der Waals surface area (Å²) in [6, 6.07) is 0.244. The summed E-state index contributed by atoms with van der Waals surface area (Å²) in [5.41, 5.74) is 5.98. The summed E-state index contributed by atoms with van der Waals surface area (Å²) in [4.78, 5) is 11.9. The Hall–Kier alpha value is -0.610. The number of carbonyl (C=O) groups excluding carboxylic acids is 1. The van der Waals surface area contributed by atoms with Gasteiger partial charge in [0.05, 0.1) is 12.5 Å². The zero-order chi connectivity index (χ0) is 12.7. The van der Waals surface area contributed by atoms with Crippen LogP contribution in [0.1, 0.15) is 39.0 Å². The smallest absolute Gasteiger partial charge is 0.309 e. The van der Waals surface area contributed by atoms with E-state index in [4.69, 9.17) is 15.2 Å². The molecular formula is C13H25NO3. The first-order chi connectivity index (χ1) is 8.19. The van der Waals surface area contributed by atoms with Crippen LogP contribution in [0.15, 0.2) is 0 Å². The first-order valence-corrected chi connectivity index (χ1v) is 6.60. The molecule has 1 aliphatic rings. The topological polar surface area (TPSA) is 61.5 Å². The summed E-state index contributed by atoms with van der Waals surface area (Å²) in [6.45, 7) is 3.07. The standard InChI is InChI=1S/C13H25NO3/c1-3-17-13(15)12-7-6-11(14)9-10(12)5-4-8-16-2/h10-12H,3-9,14H2,1-2H3/t10-,11-,12+/m1/s1. The van der Waals surface area contributed by atoms with Crippen LogP contribution < -0.4 is 5.73 Å². The van der Waals surface area contributed by atoms with E-state index in [0.29, 0.717) is 12.5 Å². The number of hydrogen-bond acceptors (Lipinski definition) is 4. The Labute approximate surface area is 104 Å². The number of hydrogen-bond donors (Lipinski definition) is 1. The zero-order valence-electron chi connectivity index (χ0n) is 11.0. The maximum atomic E-state index is 11.9. The minimum atomic E-state index is -0.0400. The van der Waals surface area contributed by atoms with Crippen molar-refractivity contribution in [1.82, 2.24) is 0 Å². The van der Waals surface area contributed by atoms with Gasteiger partial charge in [-0.2, -0.15) is 0 Å². The fraction of sp³-hybridized carbons (Fsp3) is 0.923. The lowest BCUT2D eigenvalue weighted by molar-refractivity contribution is -0.151. The summed E-state index contributed by atoms with van der Waals surface area (Å²) < 4.78 is 10.2. The third-order valence-corrected chi connectivity index (χ3v) is 3.54. The molecule has 0 spiro atoms. The normalized spacial score (nSPS) is 29.0. The Morgan fingerprint density at radius 1 is 1.41 bits per heavy atom. The molecule has 0 aromatic carbocycles. The van der Waals surface area contributed by atoms with Crippen molar-refractivity contribution < 1.29 is 14.3 Å². The summed E-state index contributed by atoms with van der Waals surface area (Å²) in [7, 11) is 1.70. The van der Waals surface area contributed by atoms with Crippen molar-refractivity contribution >= 4 is 5.97 Å². The van der Waals surface area contributed by atoms with Gasteiger partial charge in [0, 0.05) is 19.8 Å². The zero-order valence-corrected chi connectivity index (χ0v) is 11.0. The Bertz CT molecular complexity index is 233. The van der Waals surface area contributed by atoms with Crippen LogP contribution in [-0.4, -0.2) is 32.3 Å². The molecule has 0 heterocycles. The minimum Gasteiger partial charge on any atom is -0.466 e. The van der Waals surface area contributed by atoms with E-state index in [2.05, 4.69) is 0 Å². The van der Waals surface area contributed by atoms with Crippen molar-refractivity contribution in [2.24, 2.45) is 17.6 Å². The summed E-state index contributed by atoms with van der Waals surface area (Å²) in [5, 5.41) is 0. The van der Waals surface area contributed by atoms with E-state index in [1.807, 2.05) is 6.92 Å². The van der Waals surface area contributed by atoms with Crippen LogP contribution in [0, 0.1) is 11.8 Å². The quantitative estimate of drug-likeness (QED) is 0.570. The number of methoxy groups -OCH3 is 1. The predicted octanol–water partition coefficient (Wildman–Crippen LogP) is 1.72. The van der Waals surface area contributed by atoms with E-state index >= 15 is 0 Å². The monoisotopic (exact) mass is 243 g/mol. The highest BCUT2D eigenvalue weighted by Crippen LogP contribution is 2.33. The highest BCUT2D eigenvalue weighted by molar-refractivity contribution is 5.72. The molecule has 0 bridgehead atoms. The fourth-order valence-electron chi connectivity index (χ4n) is 2.67. The van der Waals surface area contributed by atoms with Crippen molar-refractivity contribution in [3.63, 3.8) is 0 Å². The molecular weight excluding hydrogens is 218 g/mol. The SMILES string of the molecule is CCOC(=O)[C@H]1CC[C@@H](N)C[C@H]1CCCOC. The van der Waals surface area contributed by atoms with Crippen LogP contribution in [0.4, 0.5) is 0 Å². The molecule has 0 radical (unpaired) electrons. The Balaban J connectivity index is 2.48. The Morgan fingerprint density at radius 2 is 2.18 bits per heavy atom. The molecule has 0 unspecified atom stereocenters. The van der Waals surface area contributed by atoms with Gasteiger partial charge in [-0.1, -0.05) is 0 Å². The number of carbonyl (C=O) groups is 1. The van der Waals surface area contributed by atoms with Gasteiger partial charge in [0.2, 0.25) is 0 Å². The van der Waals surface area contributed by atoms with Gasteiger partial charge in [0.25, 0.3) is 0 Å². The van der Waals surface area contributed by atoms with E-state index in [0.717, 1.165) is 38.7 Å². The van der Waals surface area contributed by atoms with Gasteiger partial charge in [0.1, 0.15) is 0 Å². The summed E-state index contributed by atoms with van der Waals surface area (Å²) in [6.07, 6.45) is 4.74. The average molecular weight is 243 g/mol. The largest absolute Gasteiger partial charge is 0.466 e. The van der Waals surface area contributed by atoms with E-state index in [1.54, 1.807) is 7.11 Å². The summed E-state index contributed by atoms with van der Waals surface area (Å²) >= 11 is 0. The maximum absolute atomic E-state index is 11.9. The molecule has 4 nitrogen and oxygen atoms in total. The van der Waals surface area contributed by atoms with Crippen LogP contribution in [0.25, 0.3) is 0 Å². The number of nitrogens with two attached hydrogens (primary N) is 1. The second-order valence-electron chi connectivity index (χ2n) is 4.83. The van der Waals surface area contributed by atoms with E-state index in [1.165, 1.54) is 0 Å². The van der Waals surface area contributed by atoms with Crippen LogP contribution in [0.2, 0.25) is 0 Å². The second-order valence-corrected chi connectivity index (χ2v) is 4.83. The van der Waals surface area contributed by atoms with Crippen LogP contribution in [0.3, 0.4) is 0 Å². The highest BCUT2D eigenvalue weighted by Gasteiger charge is 2.34. The first-order valence-electron chi connectivity index (χ1n) is 6.60. The van der Waals surface area contributed by atoms with Gasteiger partial charge >= 0.3 is 5.97 Å². The second kappa shape index (κ2) is 7.67. The van der Waals surface area contributed by atoms with E-state index < -0.39 is 0 Å². The average Bonchev–Trinajstić information content (AvgIpc) is 2.30. The highest BCUT2D eigenvalue weighted by atomic mass is 16.5. The predicted molar refractivity (Wildman–Crippen MR) is 66.5 cm³/mol. The lowest BCUT2D eigenvalue weighted by atomic mass is 9.75. The van der Waals surface area contributed by atoms with Crippen LogP contribution >= 0.6 is 0 Å². The lowest BCUT2D eigenvalue weighted by Gasteiger charge is -2.33. The number of esters is 1.